The Morgan fingerprint density at radius 3 is 2.77 bits per heavy atom. The minimum Gasteiger partial charge on any atom is -0.469 e. The summed E-state index contributed by atoms with van der Waals surface area (Å²) >= 11 is 10.3. The van der Waals surface area contributed by atoms with Gasteiger partial charge in [-0.2, -0.15) is 0 Å². The van der Waals surface area contributed by atoms with Crippen LogP contribution in [0.1, 0.15) is 19.1 Å². The Labute approximate surface area is 141 Å². The lowest BCUT2D eigenvalue weighted by Crippen LogP contribution is -2.22. The predicted molar refractivity (Wildman–Crippen MR) is 92.5 cm³/mol. The van der Waals surface area contributed by atoms with Gasteiger partial charge in [0, 0.05) is 21.3 Å². The lowest BCUT2D eigenvalue weighted by molar-refractivity contribution is 0.108. The van der Waals surface area contributed by atoms with Gasteiger partial charge in [0.05, 0.1) is 16.2 Å². The van der Waals surface area contributed by atoms with Crippen molar-refractivity contribution in [1.82, 2.24) is 4.57 Å². The fourth-order valence-corrected chi connectivity index (χ4v) is 4.11. The van der Waals surface area contributed by atoms with Gasteiger partial charge >= 0.3 is 0 Å². The Balaban J connectivity index is 1.90. The third kappa shape index (κ3) is 1.73. The van der Waals surface area contributed by atoms with Gasteiger partial charge in [0.2, 0.25) is 0 Å². The average Bonchev–Trinajstić information content (AvgIpc) is 3.33. The van der Waals surface area contributed by atoms with Crippen LogP contribution in [0.2, 0.25) is 5.02 Å². The normalized spacial score (nSPS) is 19.6. The highest BCUT2D eigenvalue weighted by Gasteiger charge is 2.40. The molecule has 1 aliphatic carbocycles. The van der Waals surface area contributed by atoms with Crippen LogP contribution in [-0.2, 0) is 0 Å². The summed E-state index contributed by atoms with van der Waals surface area (Å²) in [6.45, 7) is 0. The molecular formula is C18H13BrClNO. The van der Waals surface area contributed by atoms with E-state index in [1.54, 1.807) is 0 Å². The minimum atomic E-state index is 0.0566. The number of rotatable bonds is 1. The van der Waals surface area contributed by atoms with Gasteiger partial charge in [-0.05, 0) is 37.1 Å². The quantitative estimate of drug-likeness (QED) is 0.507. The maximum atomic E-state index is 6.75. The highest BCUT2D eigenvalue weighted by Crippen LogP contribution is 2.52. The van der Waals surface area contributed by atoms with Gasteiger partial charge in [-0.1, -0.05) is 45.7 Å². The van der Waals surface area contributed by atoms with Gasteiger partial charge in [-0.15, -0.1) is 0 Å². The van der Waals surface area contributed by atoms with Crippen LogP contribution in [-0.4, -0.2) is 4.57 Å². The fourth-order valence-electron chi connectivity index (χ4n) is 3.40. The average molecular weight is 375 g/mol. The molecule has 0 spiro atoms. The summed E-state index contributed by atoms with van der Waals surface area (Å²) in [4.78, 5) is 0. The summed E-state index contributed by atoms with van der Waals surface area (Å²) in [5, 5.41) is 1.92. The molecule has 1 atom stereocenters. The first-order valence-electron chi connectivity index (χ1n) is 7.49. The van der Waals surface area contributed by atoms with Gasteiger partial charge in [0.1, 0.15) is 5.75 Å². The third-order valence-electron chi connectivity index (χ3n) is 4.57. The molecule has 22 heavy (non-hydrogen) atoms. The van der Waals surface area contributed by atoms with Crippen molar-refractivity contribution in [1.29, 1.82) is 0 Å². The van der Waals surface area contributed by atoms with E-state index in [-0.39, 0.29) is 6.23 Å². The zero-order chi connectivity index (χ0) is 14.8. The smallest absolute Gasteiger partial charge is 0.179 e. The Hall–Kier alpha value is -1.45. The Morgan fingerprint density at radius 1 is 1.14 bits per heavy atom. The van der Waals surface area contributed by atoms with Crippen LogP contribution in [0.3, 0.4) is 0 Å². The zero-order valence-electron chi connectivity index (χ0n) is 11.7. The highest BCUT2D eigenvalue weighted by atomic mass is 79.9. The van der Waals surface area contributed by atoms with Crippen molar-refractivity contribution in [2.75, 3.05) is 0 Å². The molecule has 1 aromatic heterocycles. The second kappa shape index (κ2) is 4.53. The molecule has 2 aromatic carbocycles. The number of benzene rings is 2. The Kier molecular flexibility index (Phi) is 2.68. The number of ether oxygens (including phenoxy) is 1. The molecule has 1 fully saturated rings. The molecule has 1 saturated carbocycles. The molecule has 2 aliphatic rings. The molecule has 0 bridgehead atoms. The summed E-state index contributed by atoms with van der Waals surface area (Å²) in [5.41, 5.74) is 3.31. The van der Waals surface area contributed by atoms with Crippen molar-refractivity contribution in [3.05, 3.63) is 52.0 Å². The predicted octanol–water partition coefficient (Wildman–Crippen LogP) is 6.03. The SMILES string of the molecule is Clc1c2n(c3ccccc13)C(C1CC1)Oc1ccc(Br)cc1-2. The first-order valence-corrected chi connectivity index (χ1v) is 8.66. The summed E-state index contributed by atoms with van der Waals surface area (Å²) in [6.07, 6.45) is 2.50. The van der Waals surface area contributed by atoms with Crippen molar-refractivity contribution in [2.45, 2.75) is 19.1 Å². The molecule has 0 N–H and O–H groups in total. The van der Waals surface area contributed by atoms with E-state index in [1.165, 1.54) is 12.8 Å². The van der Waals surface area contributed by atoms with Crippen LogP contribution in [0, 0.1) is 5.92 Å². The Morgan fingerprint density at radius 2 is 1.95 bits per heavy atom. The molecule has 0 amide bonds. The molecular weight excluding hydrogens is 362 g/mol. The molecule has 3 aromatic rings. The Bertz CT molecular complexity index is 913. The van der Waals surface area contributed by atoms with Crippen molar-refractivity contribution in [3.8, 4) is 17.0 Å². The van der Waals surface area contributed by atoms with E-state index in [2.05, 4.69) is 44.8 Å². The van der Waals surface area contributed by atoms with Crippen molar-refractivity contribution < 1.29 is 4.74 Å². The standard InChI is InChI=1S/C18H13BrClNO/c19-11-7-8-15-13(9-11)17-16(20)12-3-1-2-4-14(12)21(17)18(22-15)10-5-6-10/h1-4,7-10,18H,5-6H2. The first-order chi connectivity index (χ1) is 10.7. The van der Waals surface area contributed by atoms with Crippen LogP contribution in [0.5, 0.6) is 5.75 Å². The first kappa shape index (κ1) is 13.0. The van der Waals surface area contributed by atoms with E-state index in [0.29, 0.717) is 5.92 Å². The molecule has 2 nitrogen and oxygen atoms in total. The van der Waals surface area contributed by atoms with E-state index in [0.717, 1.165) is 37.4 Å². The van der Waals surface area contributed by atoms with Crippen LogP contribution in [0.15, 0.2) is 46.9 Å². The van der Waals surface area contributed by atoms with Crippen LogP contribution >= 0.6 is 27.5 Å². The maximum Gasteiger partial charge on any atom is 0.179 e. The number of aromatic nitrogens is 1. The number of halogens is 2. The van der Waals surface area contributed by atoms with E-state index in [9.17, 15) is 0 Å². The van der Waals surface area contributed by atoms with Gasteiger partial charge < -0.3 is 9.30 Å². The van der Waals surface area contributed by atoms with E-state index in [1.807, 2.05) is 18.2 Å². The number of para-hydroxylation sites is 1. The number of fused-ring (bicyclic) bond motifs is 5. The highest BCUT2D eigenvalue weighted by molar-refractivity contribution is 9.10. The monoisotopic (exact) mass is 373 g/mol. The summed E-state index contributed by atoms with van der Waals surface area (Å²) in [6, 6.07) is 14.5. The van der Waals surface area contributed by atoms with E-state index in [4.69, 9.17) is 16.3 Å². The van der Waals surface area contributed by atoms with E-state index >= 15 is 0 Å². The zero-order valence-corrected chi connectivity index (χ0v) is 14.1. The maximum absolute atomic E-state index is 6.75. The van der Waals surface area contributed by atoms with Crippen molar-refractivity contribution >= 4 is 38.4 Å². The lowest BCUT2D eigenvalue weighted by atomic mass is 10.1. The summed E-state index contributed by atoms with van der Waals surface area (Å²) in [5.74, 6) is 1.51. The van der Waals surface area contributed by atoms with Gasteiger partial charge in [-0.3, -0.25) is 0 Å². The molecule has 1 unspecified atom stereocenters. The molecule has 5 rings (SSSR count). The summed E-state index contributed by atoms with van der Waals surface area (Å²) < 4.78 is 9.67. The molecule has 4 heteroatoms. The molecule has 110 valence electrons. The topological polar surface area (TPSA) is 14.2 Å². The number of hydrogen-bond acceptors (Lipinski definition) is 1. The number of hydrogen-bond donors (Lipinski definition) is 0. The van der Waals surface area contributed by atoms with Gasteiger partial charge in [-0.25, -0.2) is 0 Å². The molecule has 0 saturated heterocycles. The van der Waals surface area contributed by atoms with Crippen molar-refractivity contribution in [2.24, 2.45) is 5.92 Å². The third-order valence-corrected chi connectivity index (χ3v) is 5.45. The molecule has 2 heterocycles. The second-order valence-electron chi connectivity index (χ2n) is 6.04. The largest absolute Gasteiger partial charge is 0.469 e. The minimum absolute atomic E-state index is 0.0566. The van der Waals surface area contributed by atoms with Crippen molar-refractivity contribution in [3.63, 3.8) is 0 Å². The van der Waals surface area contributed by atoms with Gasteiger partial charge in [0.25, 0.3) is 0 Å². The van der Waals surface area contributed by atoms with Crippen LogP contribution < -0.4 is 4.74 Å². The van der Waals surface area contributed by atoms with Gasteiger partial charge in [0.15, 0.2) is 6.23 Å². The van der Waals surface area contributed by atoms with E-state index < -0.39 is 0 Å². The summed E-state index contributed by atoms with van der Waals surface area (Å²) in [7, 11) is 0. The van der Waals surface area contributed by atoms with Crippen LogP contribution in [0.25, 0.3) is 22.2 Å². The molecule has 1 aliphatic heterocycles. The lowest BCUT2D eigenvalue weighted by Gasteiger charge is -2.30. The molecule has 0 radical (unpaired) electrons. The second-order valence-corrected chi connectivity index (χ2v) is 7.33. The number of nitrogens with zero attached hydrogens (tertiary/aromatic N) is 1. The fraction of sp³-hybridized carbons (Fsp3) is 0.222. The van der Waals surface area contributed by atoms with Crippen LogP contribution in [0.4, 0.5) is 0 Å².